The predicted molar refractivity (Wildman–Crippen MR) is 61.0 cm³/mol. The number of unbranched alkanes of at least 4 members (excludes halogenated alkanes) is 3. The highest BCUT2D eigenvalue weighted by Crippen LogP contribution is 2.32. The van der Waals surface area contributed by atoms with Crippen LogP contribution < -0.4 is 4.74 Å². The van der Waals surface area contributed by atoms with Gasteiger partial charge < -0.3 is 4.74 Å². The molecule has 0 saturated carbocycles. The van der Waals surface area contributed by atoms with E-state index in [1.165, 1.54) is 0 Å². The van der Waals surface area contributed by atoms with Gasteiger partial charge in [-0.1, -0.05) is 26.2 Å². The van der Waals surface area contributed by atoms with Crippen LogP contribution in [0, 0.1) is 5.82 Å². The van der Waals surface area contributed by atoms with E-state index in [2.05, 4.69) is 6.92 Å². The fourth-order valence-corrected chi connectivity index (χ4v) is 1.53. The van der Waals surface area contributed by atoms with E-state index in [9.17, 15) is 17.6 Å². The minimum Gasteiger partial charge on any atom is -0.493 e. The molecule has 0 fully saturated rings. The van der Waals surface area contributed by atoms with Crippen LogP contribution in [0.3, 0.4) is 0 Å². The third-order valence-electron chi connectivity index (χ3n) is 2.47. The quantitative estimate of drug-likeness (QED) is 0.529. The topological polar surface area (TPSA) is 9.23 Å². The van der Waals surface area contributed by atoms with Gasteiger partial charge in [0.15, 0.2) is 0 Å². The molecule has 1 aromatic rings. The molecule has 102 valence electrons. The molecule has 0 saturated heterocycles. The summed E-state index contributed by atoms with van der Waals surface area (Å²) in [6.07, 6.45) is -0.718. The summed E-state index contributed by atoms with van der Waals surface area (Å²) >= 11 is 0. The molecule has 5 heteroatoms. The Labute approximate surface area is 104 Å². The van der Waals surface area contributed by atoms with Crippen molar-refractivity contribution < 1.29 is 22.3 Å². The highest BCUT2D eigenvalue weighted by atomic mass is 19.4. The van der Waals surface area contributed by atoms with E-state index in [-0.39, 0.29) is 5.75 Å². The second kappa shape index (κ2) is 6.61. The van der Waals surface area contributed by atoms with Gasteiger partial charge in [-0.05, 0) is 18.6 Å². The van der Waals surface area contributed by atoms with Crippen molar-refractivity contribution in [3.8, 4) is 5.75 Å². The number of hydrogen-bond acceptors (Lipinski definition) is 1. The van der Waals surface area contributed by atoms with Crippen molar-refractivity contribution in [2.75, 3.05) is 6.61 Å². The molecule has 1 aromatic carbocycles. The van der Waals surface area contributed by atoms with E-state index in [1.54, 1.807) is 0 Å². The van der Waals surface area contributed by atoms with Gasteiger partial charge in [0.25, 0.3) is 0 Å². The number of halogens is 4. The van der Waals surface area contributed by atoms with Crippen LogP contribution in [0.5, 0.6) is 5.75 Å². The average Bonchev–Trinajstić information content (AvgIpc) is 2.27. The van der Waals surface area contributed by atoms with Crippen molar-refractivity contribution in [2.45, 2.75) is 38.8 Å². The van der Waals surface area contributed by atoms with Crippen molar-refractivity contribution in [1.29, 1.82) is 0 Å². The summed E-state index contributed by atoms with van der Waals surface area (Å²) in [6, 6.07) is 2.25. The van der Waals surface area contributed by atoms with Gasteiger partial charge in [0.2, 0.25) is 0 Å². The fraction of sp³-hybridized carbons (Fsp3) is 0.538. The van der Waals surface area contributed by atoms with Crippen LogP contribution in [0.25, 0.3) is 0 Å². The number of ether oxygens (including phenoxy) is 1. The first-order chi connectivity index (χ1) is 8.43. The van der Waals surface area contributed by atoms with Crippen LogP contribution in [0.4, 0.5) is 17.6 Å². The van der Waals surface area contributed by atoms with E-state index in [4.69, 9.17) is 4.74 Å². The van der Waals surface area contributed by atoms with Gasteiger partial charge in [0.05, 0.1) is 12.2 Å². The van der Waals surface area contributed by atoms with Crippen LogP contribution >= 0.6 is 0 Å². The Bertz CT molecular complexity index is 374. The highest BCUT2D eigenvalue weighted by molar-refractivity contribution is 5.31. The monoisotopic (exact) mass is 264 g/mol. The normalized spacial score (nSPS) is 11.6. The molecule has 0 amide bonds. The Morgan fingerprint density at radius 2 is 1.78 bits per heavy atom. The lowest BCUT2D eigenvalue weighted by Gasteiger charge is -2.10. The number of rotatable bonds is 6. The van der Waals surface area contributed by atoms with E-state index >= 15 is 0 Å². The van der Waals surface area contributed by atoms with Gasteiger partial charge in [-0.15, -0.1) is 0 Å². The highest BCUT2D eigenvalue weighted by Gasteiger charge is 2.31. The Morgan fingerprint density at radius 1 is 1.06 bits per heavy atom. The van der Waals surface area contributed by atoms with E-state index in [0.717, 1.165) is 37.8 Å². The standard InChI is InChI=1S/C13H16F4O/c1-2-3-4-5-6-18-12-8-10(13(15,16)17)7-11(14)9-12/h7-9H,2-6H2,1H3. The minimum absolute atomic E-state index is 0.0705. The van der Waals surface area contributed by atoms with Gasteiger partial charge in [0, 0.05) is 6.07 Å². The zero-order valence-corrected chi connectivity index (χ0v) is 10.2. The zero-order valence-electron chi connectivity index (χ0n) is 10.2. The van der Waals surface area contributed by atoms with E-state index in [1.807, 2.05) is 0 Å². The second-order valence-electron chi connectivity index (χ2n) is 4.08. The lowest BCUT2D eigenvalue weighted by atomic mass is 10.2. The summed E-state index contributed by atoms with van der Waals surface area (Å²) in [5.74, 6) is -1.01. The zero-order chi connectivity index (χ0) is 13.6. The van der Waals surface area contributed by atoms with Crippen molar-refractivity contribution in [3.05, 3.63) is 29.6 Å². The molecule has 0 radical (unpaired) electrons. The molecule has 0 atom stereocenters. The lowest BCUT2D eigenvalue weighted by Crippen LogP contribution is -2.06. The molecule has 0 aliphatic rings. The number of hydrogen-bond donors (Lipinski definition) is 0. The maximum Gasteiger partial charge on any atom is 0.416 e. The summed E-state index contributed by atoms with van der Waals surface area (Å²) in [6.45, 7) is 2.36. The molecule has 0 bridgehead atoms. The summed E-state index contributed by atoms with van der Waals surface area (Å²) in [5, 5.41) is 0. The van der Waals surface area contributed by atoms with Gasteiger partial charge in [-0.25, -0.2) is 4.39 Å². The number of alkyl halides is 3. The van der Waals surface area contributed by atoms with Crippen molar-refractivity contribution in [2.24, 2.45) is 0 Å². The summed E-state index contributed by atoms with van der Waals surface area (Å²) in [4.78, 5) is 0. The second-order valence-corrected chi connectivity index (χ2v) is 4.08. The van der Waals surface area contributed by atoms with Crippen molar-refractivity contribution in [1.82, 2.24) is 0 Å². The Balaban J connectivity index is 2.58. The van der Waals surface area contributed by atoms with Gasteiger partial charge in [-0.3, -0.25) is 0 Å². The molecule has 0 aliphatic heterocycles. The van der Waals surface area contributed by atoms with Gasteiger partial charge >= 0.3 is 6.18 Å². The summed E-state index contributed by atoms with van der Waals surface area (Å²) in [5.41, 5.74) is -1.02. The maximum atomic E-state index is 13.0. The van der Waals surface area contributed by atoms with Crippen LogP contribution in [0.2, 0.25) is 0 Å². The van der Waals surface area contributed by atoms with E-state index in [0.29, 0.717) is 12.7 Å². The number of benzene rings is 1. The first-order valence-electron chi connectivity index (χ1n) is 5.94. The molecule has 18 heavy (non-hydrogen) atoms. The molecule has 1 rings (SSSR count). The smallest absolute Gasteiger partial charge is 0.416 e. The first-order valence-corrected chi connectivity index (χ1v) is 5.94. The third kappa shape index (κ3) is 4.94. The van der Waals surface area contributed by atoms with Crippen LogP contribution in [-0.2, 0) is 6.18 Å². The first kappa shape index (κ1) is 14.8. The molecular formula is C13H16F4O. The predicted octanol–water partition coefficient (Wildman–Crippen LogP) is 4.80. The molecular weight excluding hydrogens is 248 g/mol. The Kier molecular flexibility index (Phi) is 5.44. The summed E-state index contributed by atoms with van der Waals surface area (Å²) in [7, 11) is 0. The largest absolute Gasteiger partial charge is 0.493 e. The molecule has 0 spiro atoms. The molecule has 0 aliphatic carbocycles. The maximum absolute atomic E-state index is 13.0. The summed E-state index contributed by atoms with van der Waals surface area (Å²) < 4.78 is 55.4. The molecule has 0 aromatic heterocycles. The molecule has 0 unspecified atom stereocenters. The SMILES string of the molecule is CCCCCCOc1cc(F)cc(C(F)(F)F)c1. The van der Waals surface area contributed by atoms with E-state index < -0.39 is 17.6 Å². The van der Waals surface area contributed by atoms with Crippen LogP contribution in [0.15, 0.2) is 18.2 Å². The van der Waals surface area contributed by atoms with Gasteiger partial charge in [0.1, 0.15) is 11.6 Å². The lowest BCUT2D eigenvalue weighted by molar-refractivity contribution is -0.137. The van der Waals surface area contributed by atoms with Crippen molar-refractivity contribution in [3.63, 3.8) is 0 Å². The fourth-order valence-electron chi connectivity index (χ4n) is 1.53. The Hall–Kier alpha value is -1.26. The van der Waals surface area contributed by atoms with Crippen LogP contribution in [0.1, 0.15) is 38.2 Å². The van der Waals surface area contributed by atoms with Crippen molar-refractivity contribution >= 4 is 0 Å². The molecule has 0 heterocycles. The third-order valence-corrected chi connectivity index (χ3v) is 2.47. The molecule has 0 N–H and O–H groups in total. The minimum atomic E-state index is -4.55. The molecule has 1 nitrogen and oxygen atoms in total. The Morgan fingerprint density at radius 3 is 2.39 bits per heavy atom. The van der Waals surface area contributed by atoms with Gasteiger partial charge in [-0.2, -0.15) is 13.2 Å². The van der Waals surface area contributed by atoms with Crippen LogP contribution in [-0.4, -0.2) is 6.61 Å². The average molecular weight is 264 g/mol.